The van der Waals surface area contributed by atoms with Crippen LogP contribution in [0.2, 0.25) is 0 Å². The van der Waals surface area contributed by atoms with Gasteiger partial charge in [0.25, 0.3) is 5.56 Å². The molecule has 0 unspecified atom stereocenters. The Morgan fingerprint density at radius 1 is 1.11 bits per heavy atom. The van der Waals surface area contributed by atoms with Gasteiger partial charge >= 0.3 is 5.69 Å². The Bertz CT molecular complexity index is 469. The highest BCUT2D eigenvalue weighted by molar-refractivity contribution is 5.21. The zero-order chi connectivity index (χ0) is 14.1. The molecule has 0 bridgehead atoms. The predicted octanol–water partition coefficient (Wildman–Crippen LogP) is 1.96. The molecule has 7 heteroatoms. The van der Waals surface area contributed by atoms with Gasteiger partial charge in [-0.05, 0) is 12.8 Å². The predicted molar refractivity (Wildman–Crippen MR) is 73.6 cm³/mol. The van der Waals surface area contributed by atoms with E-state index in [9.17, 15) is 9.59 Å². The Hall–Kier alpha value is -1.92. The van der Waals surface area contributed by atoms with Crippen LogP contribution in [0.3, 0.4) is 0 Å². The zero-order valence-corrected chi connectivity index (χ0v) is 11.5. The standard InChI is InChI=1S/C12H21N5O2/c1-3-5-7-17(8-6-4-2)16-15-10-9-11(18)14-12(19)13-10/h9H,3-8H2,1-2H3,(H2,13,14,18,19)/b16-15+. The SMILES string of the molecule is CCCCN(CCCC)/N=N/c1cc(=O)[nH]c(=O)[nH]1. The summed E-state index contributed by atoms with van der Waals surface area (Å²) in [4.78, 5) is 26.7. The minimum absolute atomic E-state index is 0.173. The van der Waals surface area contributed by atoms with Gasteiger partial charge in [-0.3, -0.25) is 19.8 Å². The highest BCUT2D eigenvalue weighted by Gasteiger charge is 2.01. The number of nitrogens with zero attached hydrogens (tertiary/aromatic N) is 3. The van der Waals surface area contributed by atoms with Crippen LogP contribution in [0, 0.1) is 0 Å². The Morgan fingerprint density at radius 3 is 2.26 bits per heavy atom. The van der Waals surface area contributed by atoms with Gasteiger partial charge in [-0.1, -0.05) is 31.9 Å². The van der Waals surface area contributed by atoms with Crippen LogP contribution < -0.4 is 11.2 Å². The quantitative estimate of drug-likeness (QED) is 0.557. The number of H-pyrrole nitrogens is 2. The van der Waals surface area contributed by atoms with Crippen molar-refractivity contribution in [2.75, 3.05) is 13.1 Å². The monoisotopic (exact) mass is 267 g/mol. The molecule has 0 atom stereocenters. The fourth-order valence-corrected chi connectivity index (χ4v) is 1.50. The highest BCUT2D eigenvalue weighted by atomic mass is 16.2. The van der Waals surface area contributed by atoms with Crippen LogP contribution in [-0.4, -0.2) is 28.1 Å². The number of nitrogens with one attached hydrogen (secondary N) is 2. The molecule has 2 N–H and O–H groups in total. The first-order valence-electron chi connectivity index (χ1n) is 6.66. The van der Waals surface area contributed by atoms with Crippen molar-refractivity contribution < 1.29 is 0 Å². The largest absolute Gasteiger partial charge is 0.327 e. The lowest BCUT2D eigenvalue weighted by Crippen LogP contribution is -2.21. The van der Waals surface area contributed by atoms with E-state index in [4.69, 9.17) is 0 Å². The molecular weight excluding hydrogens is 246 g/mol. The molecule has 0 aliphatic rings. The van der Waals surface area contributed by atoms with Gasteiger partial charge in [0.05, 0.1) is 0 Å². The summed E-state index contributed by atoms with van der Waals surface area (Å²) in [5.41, 5.74) is -1.05. The second-order valence-corrected chi connectivity index (χ2v) is 4.32. The number of hydrogen-bond donors (Lipinski definition) is 2. The molecule has 0 aliphatic heterocycles. The van der Waals surface area contributed by atoms with Gasteiger partial charge in [0.2, 0.25) is 0 Å². The third kappa shape index (κ3) is 5.98. The van der Waals surface area contributed by atoms with E-state index in [1.165, 1.54) is 6.07 Å². The normalized spacial score (nSPS) is 11.1. The van der Waals surface area contributed by atoms with Crippen LogP contribution in [0.1, 0.15) is 39.5 Å². The molecular formula is C12H21N5O2. The van der Waals surface area contributed by atoms with Crippen LogP contribution >= 0.6 is 0 Å². The maximum atomic E-state index is 11.1. The number of aromatic nitrogens is 2. The lowest BCUT2D eigenvalue weighted by molar-refractivity contribution is 0.261. The molecule has 1 aromatic rings. The van der Waals surface area contributed by atoms with Crippen LogP contribution in [0.5, 0.6) is 0 Å². The Kier molecular flexibility index (Phi) is 6.56. The van der Waals surface area contributed by atoms with Gasteiger partial charge in [0, 0.05) is 19.2 Å². The summed E-state index contributed by atoms with van der Waals surface area (Å²) < 4.78 is 0. The Balaban J connectivity index is 2.72. The summed E-state index contributed by atoms with van der Waals surface area (Å²) in [5.74, 6) is 0.173. The van der Waals surface area contributed by atoms with Crippen molar-refractivity contribution >= 4 is 5.82 Å². The summed E-state index contributed by atoms with van der Waals surface area (Å²) in [7, 11) is 0. The topological polar surface area (TPSA) is 93.7 Å². The number of aromatic amines is 2. The van der Waals surface area contributed by atoms with E-state index in [2.05, 4.69) is 34.2 Å². The summed E-state index contributed by atoms with van der Waals surface area (Å²) in [6.45, 7) is 5.88. The van der Waals surface area contributed by atoms with Crippen LogP contribution in [0.4, 0.5) is 5.82 Å². The first-order chi connectivity index (χ1) is 9.15. The van der Waals surface area contributed by atoms with Gasteiger partial charge < -0.3 is 0 Å². The van der Waals surface area contributed by atoms with Crippen LogP contribution in [0.25, 0.3) is 0 Å². The molecule has 0 radical (unpaired) electrons. The zero-order valence-electron chi connectivity index (χ0n) is 11.5. The van der Waals surface area contributed by atoms with Crippen molar-refractivity contribution in [3.8, 4) is 0 Å². The smallest absolute Gasteiger partial charge is 0.290 e. The number of hydrogen-bond acceptors (Lipinski definition) is 4. The molecule has 0 aliphatic carbocycles. The summed E-state index contributed by atoms with van der Waals surface area (Å²) >= 11 is 0. The minimum Gasteiger partial charge on any atom is -0.290 e. The maximum Gasteiger partial charge on any atom is 0.327 e. The molecule has 0 spiro atoms. The molecule has 0 aromatic carbocycles. The van der Waals surface area contributed by atoms with E-state index in [1.54, 1.807) is 0 Å². The van der Waals surface area contributed by atoms with Gasteiger partial charge in [0.1, 0.15) is 0 Å². The second kappa shape index (κ2) is 8.23. The molecule has 0 saturated carbocycles. The Labute approximate surface area is 111 Å². The molecule has 106 valence electrons. The molecule has 1 heterocycles. The molecule has 0 saturated heterocycles. The second-order valence-electron chi connectivity index (χ2n) is 4.32. The fraction of sp³-hybridized carbons (Fsp3) is 0.667. The van der Waals surface area contributed by atoms with E-state index in [0.29, 0.717) is 0 Å². The summed E-state index contributed by atoms with van der Waals surface area (Å²) in [6.07, 6.45) is 4.24. The summed E-state index contributed by atoms with van der Waals surface area (Å²) in [6, 6.07) is 1.21. The van der Waals surface area contributed by atoms with E-state index in [1.807, 2.05) is 5.01 Å². The van der Waals surface area contributed by atoms with E-state index >= 15 is 0 Å². The Morgan fingerprint density at radius 2 is 1.74 bits per heavy atom. The van der Waals surface area contributed by atoms with Crippen molar-refractivity contribution in [1.29, 1.82) is 0 Å². The van der Waals surface area contributed by atoms with Crippen molar-refractivity contribution in [3.63, 3.8) is 0 Å². The third-order valence-electron chi connectivity index (χ3n) is 2.56. The van der Waals surface area contributed by atoms with Gasteiger partial charge in [-0.25, -0.2) is 4.79 Å². The van der Waals surface area contributed by atoms with Gasteiger partial charge in [-0.2, -0.15) is 0 Å². The van der Waals surface area contributed by atoms with Crippen molar-refractivity contribution in [2.24, 2.45) is 10.3 Å². The van der Waals surface area contributed by atoms with Crippen LogP contribution in [-0.2, 0) is 0 Å². The van der Waals surface area contributed by atoms with Crippen molar-refractivity contribution in [3.05, 3.63) is 26.9 Å². The number of rotatable bonds is 8. The number of unbranched alkanes of at least 4 members (excludes halogenated alkanes) is 2. The van der Waals surface area contributed by atoms with Crippen molar-refractivity contribution in [1.82, 2.24) is 15.0 Å². The fourth-order valence-electron chi connectivity index (χ4n) is 1.50. The highest BCUT2D eigenvalue weighted by Crippen LogP contribution is 2.05. The van der Waals surface area contributed by atoms with Gasteiger partial charge in [-0.15, -0.1) is 5.11 Å². The molecule has 19 heavy (non-hydrogen) atoms. The summed E-state index contributed by atoms with van der Waals surface area (Å²) in [5, 5.41) is 9.86. The molecule has 1 aromatic heterocycles. The molecule has 1 rings (SSSR count). The lowest BCUT2D eigenvalue weighted by Gasteiger charge is -2.16. The third-order valence-corrected chi connectivity index (χ3v) is 2.56. The molecule has 0 amide bonds. The van der Waals surface area contributed by atoms with E-state index < -0.39 is 11.2 Å². The van der Waals surface area contributed by atoms with Crippen LogP contribution in [0.15, 0.2) is 26.0 Å². The first-order valence-corrected chi connectivity index (χ1v) is 6.66. The molecule has 7 nitrogen and oxygen atoms in total. The average molecular weight is 267 g/mol. The van der Waals surface area contributed by atoms with Gasteiger partial charge in [0.15, 0.2) is 5.82 Å². The van der Waals surface area contributed by atoms with Crippen molar-refractivity contribution in [2.45, 2.75) is 39.5 Å². The van der Waals surface area contributed by atoms with E-state index in [0.717, 1.165) is 38.8 Å². The lowest BCUT2D eigenvalue weighted by atomic mass is 10.3. The minimum atomic E-state index is -0.574. The maximum absolute atomic E-state index is 11.1. The average Bonchev–Trinajstić information content (AvgIpc) is 2.37. The van der Waals surface area contributed by atoms with E-state index in [-0.39, 0.29) is 5.82 Å². The molecule has 0 fully saturated rings. The first kappa shape index (κ1) is 15.1.